The Morgan fingerprint density at radius 3 is 2.90 bits per heavy atom. The summed E-state index contributed by atoms with van der Waals surface area (Å²) in [5.74, 6) is 1.61. The molecule has 0 saturated heterocycles. The number of aryl methyl sites for hydroxylation is 1. The highest BCUT2D eigenvalue weighted by molar-refractivity contribution is 5.01. The van der Waals surface area contributed by atoms with Gasteiger partial charge in [0.05, 0.1) is 6.20 Å². The van der Waals surface area contributed by atoms with Crippen LogP contribution in [0.3, 0.4) is 0 Å². The van der Waals surface area contributed by atoms with Crippen molar-refractivity contribution in [2.24, 2.45) is 0 Å². The summed E-state index contributed by atoms with van der Waals surface area (Å²) in [7, 11) is 0. The summed E-state index contributed by atoms with van der Waals surface area (Å²) >= 11 is 0. The van der Waals surface area contributed by atoms with Gasteiger partial charge in [0.25, 0.3) is 0 Å². The van der Waals surface area contributed by atoms with E-state index in [-0.39, 0.29) is 0 Å². The summed E-state index contributed by atoms with van der Waals surface area (Å²) in [6, 6.07) is 0. The van der Waals surface area contributed by atoms with Crippen LogP contribution in [0.25, 0.3) is 0 Å². The summed E-state index contributed by atoms with van der Waals surface area (Å²) in [6.45, 7) is 7.60. The van der Waals surface area contributed by atoms with Gasteiger partial charge in [-0.15, -0.1) is 0 Å². The number of hydrogen-bond acceptors (Lipinski definition) is 2. The summed E-state index contributed by atoms with van der Waals surface area (Å²) in [5, 5.41) is 0. The predicted molar refractivity (Wildman–Crippen MR) is 39.8 cm³/mol. The van der Waals surface area contributed by atoms with Crippen molar-refractivity contribution in [1.82, 2.24) is 4.98 Å². The van der Waals surface area contributed by atoms with Crippen molar-refractivity contribution >= 4 is 0 Å². The molecule has 0 fully saturated rings. The van der Waals surface area contributed by atoms with Gasteiger partial charge in [-0.05, 0) is 13.8 Å². The van der Waals surface area contributed by atoms with E-state index >= 15 is 0 Å². The number of allylic oxidation sites excluding steroid dienone is 1. The molecular weight excluding hydrogens is 126 g/mol. The third-order valence-electron chi connectivity index (χ3n) is 1.12. The molecule has 0 bridgehead atoms. The van der Waals surface area contributed by atoms with E-state index in [0.29, 0.717) is 0 Å². The average molecular weight is 137 g/mol. The summed E-state index contributed by atoms with van der Waals surface area (Å²) in [5.41, 5.74) is 1.07. The Bertz CT molecular complexity index is 237. The molecule has 2 heteroatoms. The first-order valence-corrected chi connectivity index (χ1v) is 3.24. The lowest BCUT2D eigenvalue weighted by atomic mass is 10.2. The molecule has 1 rings (SSSR count). The van der Waals surface area contributed by atoms with Crippen molar-refractivity contribution in [2.45, 2.75) is 20.3 Å². The monoisotopic (exact) mass is 137 g/mol. The molecule has 0 spiro atoms. The fourth-order valence-corrected chi connectivity index (χ4v) is 0.741. The Balaban J connectivity index is 2.67. The van der Waals surface area contributed by atoms with Crippen molar-refractivity contribution in [1.29, 1.82) is 0 Å². The van der Waals surface area contributed by atoms with Crippen molar-refractivity contribution in [3.05, 3.63) is 30.0 Å². The Morgan fingerprint density at radius 2 is 2.50 bits per heavy atom. The molecule has 2 nitrogen and oxygen atoms in total. The van der Waals surface area contributed by atoms with E-state index in [1.807, 2.05) is 13.8 Å². The molecule has 10 heavy (non-hydrogen) atoms. The predicted octanol–water partition coefficient (Wildman–Crippen LogP) is 2.10. The lowest BCUT2D eigenvalue weighted by molar-refractivity contribution is 0.480. The molecule has 0 amide bonds. The normalized spacial score (nSPS) is 9.80. The molecule has 1 aromatic rings. The Kier molecular flexibility index (Phi) is 1.90. The second-order valence-electron chi connectivity index (χ2n) is 2.50. The van der Waals surface area contributed by atoms with Gasteiger partial charge in [0, 0.05) is 6.42 Å². The molecule has 0 aliphatic rings. The Morgan fingerprint density at radius 1 is 1.80 bits per heavy atom. The molecule has 0 unspecified atom stereocenters. The summed E-state index contributed by atoms with van der Waals surface area (Å²) in [4.78, 5) is 4.03. The second kappa shape index (κ2) is 2.69. The third-order valence-corrected chi connectivity index (χ3v) is 1.12. The van der Waals surface area contributed by atoms with Gasteiger partial charge in [-0.1, -0.05) is 12.2 Å². The zero-order valence-electron chi connectivity index (χ0n) is 6.35. The third kappa shape index (κ3) is 1.72. The van der Waals surface area contributed by atoms with Gasteiger partial charge >= 0.3 is 0 Å². The largest absolute Gasteiger partial charge is 0.446 e. The maximum Gasteiger partial charge on any atom is 0.198 e. The zero-order chi connectivity index (χ0) is 7.56. The van der Waals surface area contributed by atoms with E-state index in [9.17, 15) is 0 Å². The van der Waals surface area contributed by atoms with Crippen molar-refractivity contribution in [3.8, 4) is 0 Å². The van der Waals surface area contributed by atoms with Crippen LogP contribution in [0.1, 0.15) is 18.6 Å². The minimum atomic E-state index is 0.744. The van der Waals surface area contributed by atoms with Crippen LogP contribution in [0, 0.1) is 6.92 Å². The van der Waals surface area contributed by atoms with Gasteiger partial charge in [-0.2, -0.15) is 0 Å². The first-order valence-electron chi connectivity index (χ1n) is 3.24. The quantitative estimate of drug-likeness (QED) is 0.583. The molecule has 0 saturated carbocycles. The highest BCUT2D eigenvalue weighted by Gasteiger charge is 1.98. The molecule has 54 valence electrons. The van der Waals surface area contributed by atoms with E-state index in [1.54, 1.807) is 6.20 Å². The van der Waals surface area contributed by atoms with Gasteiger partial charge in [0.2, 0.25) is 0 Å². The SMILES string of the molecule is C=C(C)Cc1ncc(C)o1. The van der Waals surface area contributed by atoms with Crippen molar-refractivity contribution < 1.29 is 4.42 Å². The number of oxazole rings is 1. The van der Waals surface area contributed by atoms with Gasteiger partial charge in [0.15, 0.2) is 5.89 Å². The van der Waals surface area contributed by atoms with Gasteiger partial charge in [0.1, 0.15) is 5.76 Å². The van der Waals surface area contributed by atoms with Crippen LogP contribution < -0.4 is 0 Å². The van der Waals surface area contributed by atoms with Crippen LogP contribution in [0.2, 0.25) is 0 Å². The first kappa shape index (κ1) is 7.06. The smallest absolute Gasteiger partial charge is 0.198 e. The van der Waals surface area contributed by atoms with E-state index in [0.717, 1.165) is 23.6 Å². The molecule has 0 N–H and O–H groups in total. The van der Waals surface area contributed by atoms with Crippen LogP contribution in [0.15, 0.2) is 22.8 Å². The maximum atomic E-state index is 5.22. The van der Waals surface area contributed by atoms with Crippen molar-refractivity contribution in [3.63, 3.8) is 0 Å². The minimum Gasteiger partial charge on any atom is -0.446 e. The Hall–Kier alpha value is -1.05. The number of aromatic nitrogens is 1. The van der Waals surface area contributed by atoms with E-state index < -0.39 is 0 Å². The first-order chi connectivity index (χ1) is 4.68. The molecule has 0 aromatic carbocycles. The van der Waals surface area contributed by atoms with E-state index in [1.165, 1.54) is 0 Å². The highest BCUT2D eigenvalue weighted by Crippen LogP contribution is 2.05. The number of hydrogen-bond donors (Lipinski definition) is 0. The average Bonchev–Trinajstić information content (AvgIpc) is 2.13. The molecule has 0 radical (unpaired) electrons. The number of rotatable bonds is 2. The number of nitrogens with zero attached hydrogens (tertiary/aromatic N) is 1. The minimum absolute atomic E-state index is 0.744. The summed E-state index contributed by atoms with van der Waals surface area (Å²) < 4.78 is 5.22. The Labute approximate surface area is 60.6 Å². The fourth-order valence-electron chi connectivity index (χ4n) is 0.741. The lowest BCUT2D eigenvalue weighted by Crippen LogP contribution is -1.83. The molecule has 0 aliphatic carbocycles. The van der Waals surface area contributed by atoms with Crippen LogP contribution in [0.4, 0.5) is 0 Å². The van der Waals surface area contributed by atoms with Gasteiger partial charge < -0.3 is 4.42 Å². The second-order valence-corrected chi connectivity index (χ2v) is 2.50. The van der Waals surface area contributed by atoms with Crippen LogP contribution in [-0.2, 0) is 6.42 Å². The van der Waals surface area contributed by atoms with Gasteiger partial charge in [-0.3, -0.25) is 0 Å². The van der Waals surface area contributed by atoms with Crippen molar-refractivity contribution in [2.75, 3.05) is 0 Å². The van der Waals surface area contributed by atoms with E-state index in [2.05, 4.69) is 11.6 Å². The zero-order valence-corrected chi connectivity index (χ0v) is 6.35. The molecule has 0 aliphatic heterocycles. The summed E-state index contributed by atoms with van der Waals surface area (Å²) in [6.07, 6.45) is 2.46. The maximum absolute atomic E-state index is 5.22. The molecule has 0 atom stereocenters. The molecule has 1 aromatic heterocycles. The van der Waals surface area contributed by atoms with Crippen LogP contribution >= 0.6 is 0 Å². The standard InChI is InChI=1S/C8H11NO/c1-6(2)4-8-9-5-7(3)10-8/h5H,1,4H2,2-3H3. The van der Waals surface area contributed by atoms with E-state index in [4.69, 9.17) is 4.42 Å². The molecular formula is C8H11NO. The lowest BCUT2D eigenvalue weighted by Gasteiger charge is -1.90. The molecule has 1 heterocycles. The fraction of sp³-hybridized carbons (Fsp3) is 0.375. The highest BCUT2D eigenvalue weighted by atomic mass is 16.3. The van der Waals surface area contributed by atoms with Crippen LogP contribution in [0.5, 0.6) is 0 Å². The topological polar surface area (TPSA) is 26.0 Å². The van der Waals surface area contributed by atoms with Crippen LogP contribution in [-0.4, -0.2) is 4.98 Å². The van der Waals surface area contributed by atoms with Gasteiger partial charge in [-0.25, -0.2) is 4.98 Å².